The van der Waals surface area contributed by atoms with E-state index in [-0.39, 0.29) is 0 Å². The van der Waals surface area contributed by atoms with Gasteiger partial charge in [0.25, 0.3) is 0 Å². The molecule has 1 aromatic rings. The zero-order chi connectivity index (χ0) is 7.40. The SMILES string of the molecule is N#CCCn1[nH]cnc1=S. The Bertz CT molecular complexity index is 291. The first-order chi connectivity index (χ1) is 4.84. The molecule has 10 heavy (non-hydrogen) atoms. The van der Waals surface area contributed by atoms with Crippen LogP contribution >= 0.6 is 12.2 Å². The lowest BCUT2D eigenvalue weighted by atomic mass is 10.5. The zero-order valence-corrected chi connectivity index (χ0v) is 6.06. The third-order valence-corrected chi connectivity index (χ3v) is 1.39. The molecule has 0 fully saturated rings. The Labute approximate surface area is 63.1 Å². The average Bonchev–Trinajstić information content (AvgIpc) is 2.31. The van der Waals surface area contributed by atoms with Crippen LogP contribution < -0.4 is 0 Å². The van der Waals surface area contributed by atoms with Crippen LogP contribution in [0.3, 0.4) is 0 Å². The molecule has 4 nitrogen and oxygen atoms in total. The Kier molecular flexibility index (Phi) is 2.18. The van der Waals surface area contributed by atoms with Gasteiger partial charge in [0, 0.05) is 0 Å². The summed E-state index contributed by atoms with van der Waals surface area (Å²) in [7, 11) is 0. The molecule has 1 aromatic heterocycles. The van der Waals surface area contributed by atoms with Crippen LogP contribution in [-0.4, -0.2) is 14.8 Å². The lowest BCUT2D eigenvalue weighted by Gasteiger charge is -1.93. The van der Waals surface area contributed by atoms with Crippen LogP contribution in [0.25, 0.3) is 0 Å². The maximum absolute atomic E-state index is 8.22. The molecule has 0 aliphatic carbocycles. The second kappa shape index (κ2) is 3.13. The van der Waals surface area contributed by atoms with Crippen LogP contribution in [-0.2, 0) is 6.54 Å². The van der Waals surface area contributed by atoms with E-state index >= 15 is 0 Å². The Balaban J connectivity index is 2.68. The number of aromatic nitrogens is 3. The summed E-state index contributed by atoms with van der Waals surface area (Å²) in [4.78, 5) is 3.78. The fraction of sp³-hybridized carbons (Fsp3) is 0.400. The van der Waals surface area contributed by atoms with E-state index in [9.17, 15) is 0 Å². The second-order valence-electron chi connectivity index (χ2n) is 1.73. The van der Waals surface area contributed by atoms with Crippen molar-refractivity contribution in [2.45, 2.75) is 13.0 Å². The van der Waals surface area contributed by atoms with E-state index in [0.29, 0.717) is 17.7 Å². The largest absolute Gasteiger partial charge is 0.286 e. The van der Waals surface area contributed by atoms with Gasteiger partial charge in [-0.25, -0.2) is 4.98 Å². The third kappa shape index (κ3) is 1.42. The molecule has 0 aromatic carbocycles. The average molecular weight is 154 g/mol. The standard InChI is InChI=1S/C5H6N4S/c6-2-1-3-9-5(10)7-4-8-9/h4H,1,3H2,(H,7,8,10). The minimum Gasteiger partial charge on any atom is -0.286 e. The Morgan fingerprint density at radius 2 is 2.70 bits per heavy atom. The summed E-state index contributed by atoms with van der Waals surface area (Å²) in [5.74, 6) is 0. The highest BCUT2D eigenvalue weighted by Gasteiger charge is 1.90. The number of nitrogens with one attached hydrogen (secondary N) is 1. The van der Waals surface area contributed by atoms with Crippen molar-refractivity contribution in [2.75, 3.05) is 0 Å². The number of rotatable bonds is 2. The van der Waals surface area contributed by atoms with Crippen LogP contribution in [0.1, 0.15) is 6.42 Å². The molecule has 0 saturated heterocycles. The molecular weight excluding hydrogens is 148 g/mol. The zero-order valence-electron chi connectivity index (χ0n) is 5.24. The van der Waals surface area contributed by atoms with Gasteiger partial charge in [0.2, 0.25) is 4.77 Å². The van der Waals surface area contributed by atoms with Crippen molar-refractivity contribution in [2.24, 2.45) is 0 Å². The lowest BCUT2D eigenvalue weighted by Crippen LogP contribution is -1.98. The van der Waals surface area contributed by atoms with Gasteiger partial charge in [-0.05, 0) is 12.2 Å². The molecule has 1 heterocycles. The molecule has 0 spiro atoms. The van der Waals surface area contributed by atoms with E-state index in [1.807, 2.05) is 6.07 Å². The molecule has 0 bridgehead atoms. The van der Waals surface area contributed by atoms with Crippen molar-refractivity contribution in [1.29, 1.82) is 5.26 Å². The van der Waals surface area contributed by atoms with Crippen LogP contribution in [0.15, 0.2) is 6.33 Å². The van der Waals surface area contributed by atoms with E-state index in [0.717, 1.165) is 0 Å². The highest BCUT2D eigenvalue weighted by molar-refractivity contribution is 7.71. The quantitative estimate of drug-likeness (QED) is 0.642. The first-order valence-electron chi connectivity index (χ1n) is 2.82. The molecule has 0 atom stereocenters. The monoisotopic (exact) mass is 154 g/mol. The van der Waals surface area contributed by atoms with Gasteiger partial charge < -0.3 is 0 Å². The Hall–Kier alpha value is -1.15. The van der Waals surface area contributed by atoms with Crippen molar-refractivity contribution in [3.63, 3.8) is 0 Å². The van der Waals surface area contributed by atoms with Gasteiger partial charge in [0.15, 0.2) is 0 Å². The van der Waals surface area contributed by atoms with Crippen molar-refractivity contribution >= 4 is 12.2 Å². The molecule has 0 radical (unpaired) electrons. The number of H-pyrrole nitrogens is 1. The number of nitrogens with zero attached hydrogens (tertiary/aromatic N) is 3. The van der Waals surface area contributed by atoms with Crippen molar-refractivity contribution in [1.82, 2.24) is 14.8 Å². The molecular formula is C5H6N4S. The van der Waals surface area contributed by atoms with Crippen molar-refractivity contribution in [3.8, 4) is 6.07 Å². The summed E-state index contributed by atoms with van der Waals surface area (Å²) in [6, 6.07) is 2.02. The molecule has 1 N–H and O–H groups in total. The molecule has 1 rings (SSSR count). The van der Waals surface area contributed by atoms with Crippen LogP contribution in [0.5, 0.6) is 0 Å². The van der Waals surface area contributed by atoms with E-state index in [2.05, 4.69) is 10.1 Å². The highest BCUT2D eigenvalue weighted by Crippen LogP contribution is 1.87. The molecule has 0 amide bonds. The fourth-order valence-corrected chi connectivity index (χ4v) is 0.797. The predicted octanol–water partition coefficient (Wildman–Crippen LogP) is 0.854. The van der Waals surface area contributed by atoms with Crippen LogP contribution in [0.4, 0.5) is 0 Å². The second-order valence-corrected chi connectivity index (χ2v) is 2.09. The highest BCUT2D eigenvalue weighted by atomic mass is 32.1. The van der Waals surface area contributed by atoms with Crippen LogP contribution in [0.2, 0.25) is 0 Å². The van der Waals surface area contributed by atoms with Gasteiger partial charge >= 0.3 is 0 Å². The third-order valence-electron chi connectivity index (χ3n) is 1.07. The summed E-state index contributed by atoms with van der Waals surface area (Å²) < 4.78 is 2.15. The minimum atomic E-state index is 0.455. The maximum Gasteiger partial charge on any atom is 0.215 e. The summed E-state index contributed by atoms with van der Waals surface area (Å²) in [6.45, 7) is 0.593. The molecule has 0 aliphatic rings. The topological polar surface area (TPSA) is 57.4 Å². The Morgan fingerprint density at radius 1 is 1.90 bits per heavy atom. The number of aromatic amines is 1. The van der Waals surface area contributed by atoms with Gasteiger partial charge in [0.05, 0.1) is 19.0 Å². The maximum atomic E-state index is 8.22. The van der Waals surface area contributed by atoms with Crippen molar-refractivity contribution in [3.05, 3.63) is 11.1 Å². The number of hydrogen-bond acceptors (Lipinski definition) is 3. The summed E-state index contributed by atoms with van der Waals surface area (Å²) in [5.41, 5.74) is 0. The lowest BCUT2D eigenvalue weighted by molar-refractivity contribution is 0.617. The van der Waals surface area contributed by atoms with E-state index in [1.165, 1.54) is 6.33 Å². The van der Waals surface area contributed by atoms with Crippen molar-refractivity contribution < 1.29 is 0 Å². The number of hydrogen-bond donors (Lipinski definition) is 1. The fourth-order valence-electron chi connectivity index (χ4n) is 0.601. The Morgan fingerprint density at radius 3 is 3.20 bits per heavy atom. The summed E-state index contributed by atoms with van der Waals surface area (Å²) in [5, 5.41) is 11.0. The van der Waals surface area contributed by atoms with E-state index in [4.69, 9.17) is 17.5 Å². The number of aryl methyl sites for hydroxylation is 1. The van der Waals surface area contributed by atoms with E-state index in [1.54, 1.807) is 4.68 Å². The van der Waals surface area contributed by atoms with Gasteiger partial charge in [-0.3, -0.25) is 9.78 Å². The van der Waals surface area contributed by atoms with Gasteiger partial charge in [-0.1, -0.05) is 0 Å². The molecule has 0 unspecified atom stereocenters. The minimum absolute atomic E-state index is 0.455. The summed E-state index contributed by atoms with van der Waals surface area (Å²) in [6.07, 6.45) is 1.97. The van der Waals surface area contributed by atoms with Gasteiger partial charge in [-0.15, -0.1) is 0 Å². The first-order valence-corrected chi connectivity index (χ1v) is 3.22. The number of nitriles is 1. The predicted molar refractivity (Wildman–Crippen MR) is 37.6 cm³/mol. The van der Waals surface area contributed by atoms with E-state index < -0.39 is 0 Å². The normalized spacial score (nSPS) is 9.10. The van der Waals surface area contributed by atoms with Gasteiger partial charge in [-0.2, -0.15) is 5.26 Å². The van der Waals surface area contributed by atoms with Gasteiger partial charge in [0.1, 0.15) is 6.33 Å². The molecule has 0 saturated carbocycles. The molecule has 52 valence electrons. The smallest absolute Gasteiger partial charge is 0.215 e. The molecule has 5 heteroatoms. The first kappa shape index (κ1) is 6.96. The summed E-state index contributed by atoms with van der Waals surface area (Å²) >= 11 is 4.81. The molecule has 0 aliphatic heterocycles. The van der Waals surface area contributed by atoms with Crippen LogP contribution in [0, 0.1) is 16.1 Å².